The Morgan fingerprint density at radius 3 is 2.29 bits per heavy atom. The molecule has 2 N–H and O–H groups in total. The molecule has 1 aliphatic carbocycles. The van der Waals surface area contributed by atoms with Crippen molar-refractivity contribution in [3.05, 3.63) is 35.4 Å². The van der Waals surface area contributed by atoms with E-state index in [2.05, 4.69) is 45.0 Å². The Morgan fingerprint density at radius 2 is 1.71 bits per heavy atom. The lowest BCUT2D eigenvalue weighted by Gasteiger charge is -2.22. The van der Waals surface area contributed by atoms with Crippen LogP contribution in [0.3, 0.4) is 0 Å². The van der Waals surface area contributed by atoms with Crippen LogP contribution in [0.25, 0.3) is 0 Å². The minimum absolute atomic E-state index is 0.235. The molecule has 0 radical (unpaired) electrons. The maximum absolute atomic E-state index is 6.22. The van der Waals surface area contributed by atoms with Gasteiger partial charge in [-0.15, -0.1) is 0 Å². The van der Waals surface area contributed by atoms with Crippen LogP contribution in [0.15, 0.2) is 24.3 Å². The van der Waals surface area contributed by atoms with E-state index in [1.807, 2.05) is 0 Å². The van der Waals surface area contributed by atoms with E-state index in [0.717, 1.165) is 0 Å². The van der Waals surface area contributed by atoms with Gasteiger partial charge in [0, 0.05) is 6.04 Å². The Labute approximate surface area is 86.3 Å². The fraction of sp³-hybridized carbons (Fsp3) is 0.538. The molecule has 3 unspecified atom stereocenters. The van der Waals surface area contributed by atoms with Gasteiger partial charge in [0.15, 0.2) is 0 Å². The Hall–Kier alpha value is -0.820. The van der Waals surface area contributed by atoms with Crippen molar-refractivity contribution in [2.24, 2.45) is 17.6 Å². The monoisotopic (exact) mass is 189 g/mol. The quantitative estimate of drug-likeness (QED) is 0.722. The zero-order valence-corrected chi connectivity index (χ0v) is 9.20. The van der Waals surface area contributed by atoms with Gasteiger partial charge in [0.05, 0.1) is 0 Å². The highest BCUT2D eigenvalue weighted by Crippen LogP contribution is 2.46. The molecular formula is C13H19N. The van der Waals surface area contributed by atoms with E-state index in [4.69, 9.17) is 5.73 Å². The van der Waals surface area contributed by atoms with Gasteiger partial charge in [-0.3, -0.25) is 0 Å². The summed E-state index contributed by atoms with van der Waals surface area (Å²) < 4.78 is 0. The van der Waals surface area contributed by atoms with Crippen LogP contribution in [-0.4, -0.2) is 0 Å². The minimum atomic E-state index is 0.235. The molecule has 3 atom stereocenters. The summed E-state index contributed by atoms with van der Waals surface area (Å²) in [7, 11) is 0. The Morgan fingerprint density at radius 1 is 1.14 bits per heavy atom. The van der Waals surface area contributed by atoms with Crippen molar-refractivity contribution < 1.29 is 0 Å². The molecule has 0 bridgehead atoms. The molecule has 0 saturated carbocycles. The number of fused-ring (bicyclic) bond motifs is 1. The molecule has 14 heavy (non-hydrogen) atoms. The lowest BCUT2D eigenvalue weighted by atomic mass is 9.83. The SMILES string of the molecule is CC(C)C1c2ccccc2C(N)C1C. The smallest absolute Gasteiger partial charge is 0.0329 e. The summed E-state index contributed by atoms with van der Waals surface area (Å²) >= 11 is 0. The second-order valence-corrected chi connectivity index (χ2v) is 4.78. The van der Waals surface area contributed by atoms with Crippen LogP contribution in [-0.2, 0) is 0 Å². The van der Waals surface area contributed by atoms with Gasteiger partial charge in [-0.05, 0) is 28.9 Å². The van der Waals surface area contributed by atoms with Gasteiger partial charge in [-0.2, -0.15) is 0 Å². The molecule has 2 rings (SSSR count). The van der Waals surface area contributed by atoms with Crippen LogP contribution in [0.1, 0.15) is 43.9 Å². The van der Waals surface area contributed by atoms with Crippen LogP contribution >= 0.6 is 0 Å². The number of nitrogens with two attached hydrogens (primary N) is 1. The van der Waals surface area contributed by atoms with E-state index in [0.29, 0.717) is 17.8 Å². The van der Waals surface area contributed by atoms with Crippen LogP contribution < -0.4 is 5.73 Å². The predicted octanol–water partition coefficient (Wildman–Crippen LogP) is 3.08. The van der Waals surface area contributed by atoms with E-state index >= 15 is 0 Å². The summed E-state index contributed by atoms with van der Waals surface area (Å²) in [6, 6.07) is 8.87. The summed E-state index contributed by atoms with van der Waals surface area (Å²) in [4.78, 5) is 0. The van der Waals surface area contributed by atoms with E-state index in [9.17, 15) is 0 Å². The maximum Gasteiger partial charge on any atom is 0.0329 e. The average molecular weight is 189 g/mol. The number of hydrogen-bond acceptors (Lipinski definition) is 1. The second kappa shape index (κ2) is 3.39. The molecule has 0 aliphatic heterocycles. The zero-order chi connectivity index (χ0) is 10.3. The average Bonchev–Trinajstić information content (AvgIpc) is 2.41. The van der Waals surface area contributed by atoms with Gasteiger partial charge in [-0.1, -0.05) is 45.0 Å². The van der Waals surface area contributed by atoms with Crippen LogP contribution in [0, 0.1) is 11.8 Å². The number of hydrogen-bond donors (Lipinski definition) is 1. The van der Waals surface area contributed by atoms with Gasteiger partial charge in [0.2, 0.25) is 0 Å². The normalized spacial score (nSPS) is 30.8. The molecule has 1 aromatic carbocycles. The maximum atomic E-state index is 6.22. The van der Waals surface area contributed by atoms with Gasteiger partial charge >= 0.3 is 0 Å². The molecule has 76 valence electrons. The molecule has 0 fully saturated rings. The summed E-state index contributed by atoms with van der Waals surface area (Å²) in [6.45, 7) is 6.85. The van der Waals surface area contributed by atoms with Gasteiger partial charge < -0.3 is 5.73 Å². The van der Waals surface area contributed by atoms with Gasteiger partial charge in [-0.25, -0.2) is 0 Å². The highest BCUT2D eigenvalue weighted by atomic mass is 14.7. The van der Waals surface area contributed by atoms with E-state index < -0.39 is 0 Å². The second-order valence-electron chi connectivity index (χ2n) is 4.78. The van der Waals surface area contributed by atoms with Crippen molar-refractivity contribution in [3.63, 3.8) is 0 Å². The summed E-state index contributed by atoms with van der Waals surface area (Å²) in [5.41, 5.74) is 9.05. The third kappa shape index (κ3) is 1.27. The van der Waals surface area contributed by atoms with Crippen molar-refractivity contribution in [1.29, 1.82) is 0 Å². The molecule has 0 aromatic heterocycles. The zero-order valence-electron chi connectivity index (χ0n) is 9.20. The van der Waals surface area contributed by atoms with Gasteiger partial charge in [0.1, 0.15) is 0 Å². The fourth-order valence-electron chi connectivity index (χ4n) is 2.87. The first-order valence-electron chi connectivity index (χ1n) is 5.47. The molecule has 0 saturated heterocycles. The predicted molar refractivity (Wildman–Crippen MR) is 60.1 cm³/mol. The summed E-state index contributed by atoms with van der Waals surface area (Å²) in [5, 5.41) is 0. The molecule has 1 aliphatic rings. The molecule has 1 heteroatoms. The topological polar surface area (TPSA) is 26.0 Å². The Bertz CT molecular complexity index is 330. The molecular weight excluding hydrogens is 170 g/mol. The van der Waals surface area contributed by atoms with E-state index in [1.165, 1.54) is 11.1 Å². The van der Waals surface area contributed by atoms with Crippen molar-refractivity contribution in [1.82, 2.24) is 0 Å². The van der Waals surface area contributed by atoms with Crippen LogP contribution in [0.2, 0.25) is 0 Å². The lowest BCUT2D eigenvalue weighted by molar-refractivity contribution is 0.353. The van der Waals surface area contributed by atoms with Crippen LogP contribution in [0.5, 0.6) is 0 Å². The lowest BCUT2D eigenvalue weighted by Crippen LogP contribution is -2.18. The molecule has 1 aromatic rings. The standard InChI is InChI=1S/C13H19N/c1-8(2)12-9(3)13(14)11-7-5-4-6-10(11)12/h4-9,12-13H,14H2,1-3H3. The van der Waals surface area contributed by atoms with Crippen molar-refractivity contribution >= 4 is 0 Å². The first-order chi connectivity index (χ1) is 6.63. The van der Waals surface area contributed by atoms with Crippen LogP contribution in [0.4, 0.5) is 0 Å². The molecule has 0 spiro atoms. The first kappa shape index (κ1) is 9.72. The third-order valence-electron chi connectivity index (χ3n) is 3.57. The molecule has 0 amide bonds. The molecule has 0 heterocycles. The highest BCUT2D eigenvalue weighted by Gasteiger charge is 2.36. The largest absolute Gasteiger partial charge is 0.324 e. The molecule has 1 nitrogen and oxygen atoms in total. The number of rotatable bonds is 1. The van der Waals surface area contributed by atoms with Crippen molar-refractivity contribution in [3.8, 4) is 0 Å². The number of benzene rings is 1. The minimum Gasteiger partial charge on any atom is -0.324 e. The summed E-state index contributed by atoms with van der Waals surface area (Å²) in [5.74, 6) is 1.90. The Balaban J connectivity index is 2.48. The van der Waals surface area contributed by atoms with Crippen molar-refractivity contribution in [2.75, 3.05) is 0 Å². The van der Waals surface area contributed by atoms with Crippen molar-refractivity contribution in [2.45, 2.75) is 32.7 Å². The van der Waals surface area contributed by atoms with Gasteiger partial charge in [0.25, 0.3) is 0 Å². The van der Waals surface area contributed by atoms with E-state index in [1.54, 1.807) is 0 Å². The third-order valence-corrected chi connectivity index (χ3v) is 3.57. The Kier molecular flexibility index (Phi) is 2.36. The van der Waals surface area contributed by atoms with E-state index in [-0.39, 0.29) is 6.04 Å². The first-order valence-corrected chi connectivity index (χ1v) is 5.47. The highest BCUT2D eigenvalue weighted by molar-refractivity contribution is 5.39. The fourth-order valence-corrected chi connectivity index (χ4v) is 2.87. The summed E-state index contributed by atoms with van der Waals surface area (Å²) in [6.07, 6.45) is 0.